The Balaban J connectivity index is 1.40. The number of rotatable bonds is 4. The summed E-state index contributed by atoms with van der Waals surface area (Å²) in [6, 6.07) is 47.3. The van der Waals surface area contributed by atoms with Crippen molar-refractivity contribution in [1.29, 1.82) is 0 Å². The first kappa shape index (κ1) is 22.1. The quantitative estimate of drug-likeness (QED) is 0.232. The Hall–Kier alpha value is -4.93. The van der Waals surface area contributed by atoms with Crippen molar-refractivity contribution in [3.63, 3.8) is 0 Å². The highest BCUT2D eigenvalue weighted by Crippen LogP contribution is 2.43. The van der Waals surface area contributed by atoms with Gasteiger partial charge in [-0.15, -0.1) is 11.3 Å². The average molecular weight is 518 g/mol. The summed E-state index contributed by atoms with van der Waals surface area (Å²) in [6.45, 7) is 0. The molecule has 0 spiro atoms. The van der Waals surface area contributed by atoms with Crippen LogP contribution in [0.1, 0.15) is 0 Å². The van der Waals surface area contributed by atoms with E-state index in [4.69, 9.17) is 4.98 Å². The van der Waals surface area contributed by atoms with Gasteiger partial charge >= 0.3 is 0 Å². The molecule has 0 aliphatic carbocycles. The molecule has 184 valence electrons. The third-order valence-electron chi connectivity index (χ3n) is 7.40. The Labute approximate surface area is 229 Å². The van der Waals surface area contributed by atoms with Gasteiger partial charge in [0.1, 0.15) is 0 Å². The van der Waals surface area contributed by atoms with Crippen LogP contribution in [0.3, 0.4) is 0 Å². The molecule has 3 heterocycles. The molecule has 0 atom stereocenters. The van der Waals surface area contributed by atoms with Gasteiger partial charge in [0, 0.05) is 54.5 Å². The van der Waals surface area contributed by atoms with Crippen LogP contribution in [-0.4, -0.2) is 9.55 Å². The summed E-state index contributed by atoms with van der Waals surface area (Å²) in [6.07, 6.45) is 1.90. The van der Waals surface area contributed by atoms with Crippen LogP contribution in [0, 0.1) is 0 Å². The minimum Gasteiger partial charge on any atom is -0.310 e. The number of aromatic nitrogens is 2. The monoisotopic (exact) mass is 517 g/mol. The SMILES string of the molecule is c1ccc(N(c2ccccc2)c2cccc(-n3c4cccnc4c4c5sc6ccccc6c5ccc43)c2)cc1. The van der Waals surface area contributed by atoms with Gasteiger partial charge in [-0.25, -0.2) is 0 Å². The Morgan fingerprint density at radius 2 is 1.28 bits per heavy atom. The fourth-order valence-electron chi connectivity index (χ4n) is 5.74. The predicted octanol–water partition coefficient (Wildman–Crippen LogP) is 10.0. The molecule has 8 rings (SSSR count). The molecule has 39 heavy (non-hydrogen) atoms. The standard InChI is InChI=1S/C35H23N3S/c1-3-11-24(12-4-1)37(25-13-5-2-6-14-25)26-15-9-16-27(23-26)38-30-21-20-29-28-17-7-8-19-32(28)39-35(29)33(30)34-31(38)18-10-22-36-34/h1-23H. The molecule has 5 aromatic carbocycles. The second-order valence-electron chi connectivity index (χ2n) is 9.67. The molecular formula is C35H23N3S. The number of thiophene rings is 1. The number of anilines is 3. The van der Waals surface area contributed by atoms with Crippen molar-refractivity contribution in [2.75, 3.05) is 4.90 Å². The van der Waals surface area contributed by atoms with Gasteiger partial charge in [0.05, 0.1) is 16.6 Å². The molecule has 0 saturated heterocycles. The molecule has 0 aliphatic heterocycles. The van der Waals surface area contributed by atoms with Gasteiger partial charge in [-0.1, -0.05) is 66.7 Å². The molecule has 3 nitrogen and oxygen atoms in total. The highest BCUT2D eigenvalue weighted by molar-refractivity contribution is 7.26. The second-order valence-corrected chi connectivity index (χ2v) is 10.7. The molecule has 3 aromatic heterocycles. The largest absolute Gasteiger partial charge is 0.310 e. The second kappa shape index (κ2) is 8.83. The predicted molar refractivity (Wildman–Crippen MR) is 166 cm³/mol. The van der Waals surface area contributed by atoms with Gasteiger partial charge in [0.15, 0.2) is 0 Å². The maximum atomic E-state index is 4.90. The third kappa shape index (κ3) is 3.46. The van der Waals surface area contributed by atoms with Crippen LogP contribution < -0.4 is 4.90 Å². The maximum Gasteiger partial charge on any atom is 0.0977 e. The summed E-state index contributed by atoms with van der Waals surface area (Å²) in [4.78, 5) is 7.21. The summed E-state index contributed by atoms with van der Waals surface area (Å²) in [7, 11) is 0. The van der Waals surface area contributed by atoms with Crippen molar-refractivity contribution in [3.05, 3.63) is 140 Å². The van der Waals surface area contributed by atoms with Crippen molar-refractivity contribution in [2.24, 2.45) is 0 Å². The molecule has 0 radical (unpaired) electrons. The molecule has 0 fully saturated rings. The number of pyridine rings is 1. The van der Waals surface area contributed by atoms with Gasteiger partial charge in [-0.3, -0.25) is 4.98 Å². The third-order valence-corrected chi connectivity index (χ3v) is 8.61. The van der Waals surface area contributed by atoms with Gasteiger partial charge < -0.3 is 9.47 Å². The molecule has 0 saturated carbocycles. The van der Waals surface area contributed by atoms with Crippen molar-refractivity contribution in [3.8, 4) is 5.69 Å². The summed E-state index contributed by atoms with van der Waals surface area (Å²) in [5.41, 5.74) is 7.78. The van der Waals surface area contributed by atoms with Crippen molar-refractivity contribution >= 4 is 70.5 Å². The summed E-state index contributed by atoms with van der Waals surface area (Å²) < 4.78 is 4.96. The molecule has 0 bridgehead atoms. The lowest BCUT2D eigenvalue weighted by Crippen LogP contribution is -2.10. The van der Waals surface area contributed by atoms with Crippen LogP contribution in [0.2, 0.25) is 0 Å². The van der Waals surface area contributed by atoms with Crippen LogP contribution in [-0.2, 0) is 0 Å². The van der Waals surface area contributed by atoms with E-state index in [1.54, 1.807) is 0 Å². The Morgan fingerprint density at radius 1 is 0.564 bits per heavy atom. The molecule has 0 unspecified atom stereocenters. The van der Waals surface area contributed by atoms with E-state index in [1.807, 2.05) is 23.6 Å². The molecule has 0 N–H and O–H groups in total. The first-order chi connectivity index (χ1) is 19.4. The Bertz CT molecular complexity index is 2090. The Kier molecular flexibility index (Phi) is 5.00. The summed E-state index contributed by atoms with van der Waals surface area (Å²) in [5.74, 6) is 0. The zero-order chi connectivity index (χ0) is 25.8. The number of hydrogen-bond acceptors (Lipinski definition) is 3. The van der Waals surface area contributed by atoms with E-state index >= 15 is 0 Å². The number of benzene rings is 5. The highest BCUT2D eigenvalue weighted by atomic mass is 32.1. The number of hydrogen-bond donors (Lipinski definition) is 0. The van der Waals surface area contributed by atoms with Gasteiger partial charge in [-0.2, -0.15) is 0 Å². The van der Waals surface area contributed by atoms with E-state index in [2.05, 4.69) is 137 Å². The minimum atomic E-state index is 1.04. The van der Waals surface area contributed by atoms with Crippen molar-refractivity contribution < 1.29 is 0 Å². The van der Waals surface area contributed by atoms with Crippen molar-refractivity contribution in [2.45, 2.75) is 0 Å². The lowest BCUT2D eigenvalue weighted by molar-refractivity contribution is 1.17. The van der Waals surface area contributed by atoms with Crippen LogP contribution in [0.15, 0.2) is 140 Å². The van der Waals surface area contributed by atoms with E-state index in [0.717, 1.165) is 33.8 Å². The van der Waals surface area contributed by atoms with E-state index < -0.39 is 0 Å². The summed E-state index contributed by atoms with van der Waals surface area (Å²) >= 11 is 1.86. The van der Waals surface area contributed by atoms with Crippen LogP contribution in [0.5, 0.6) is 0 Å². The van der Waals surface area contributed by atoms with E-state index in [0.29, 0.717) is 0 Å². The molecular weight excluding hydrogens is 494 g/mol. The first-order valence-electron chi connectivity index (χ1n) is 13.1. The lowest BCUT2D eigenvalue weighted by atomic mass is 10.1. The summed E-state index contributed by atoms with van der Waals surface area (Å²) in [5, 5.41) is 3.82. The Morgan fingerprint density at radius 3 is 2.08 bits per heavy atom. The molecule has 4 heteroatoms. The maximum absolute atomic E-state index is 4.90. The van der Waals surface area contributed by atoms with Crippen molar-refractivity contribution in [1.82, 2.24) is 9.55 Å². The van der Waals surface area contributed by atoms with Gasteiger partial charge in [0.25, 0.3) is 0 Å². The highest BCUT2D eigenvalue weighted by Gasteiger charge is 2.19. The number of para-hydroxylation sites is 2. The number of nitrogens with zero attached hydrogens (tertiary/aromatic N) is 3. The van der Waals surface area contributed by atoms with Gasteiger partial charge in [0.2, 0.25) is 0 Å². The van der Waals surface area contributed by atoms with E-state index in [-0.39, 0.29) is 0 Å². The molecule has 0 aliphatic rings. The van der Waals surface area contributed by atoms with E-state index in [9.17, 15) is 0 Å². The van der Waals surface area contributed by atoms with E-state index in [1.165, 1.54) is 31.1 Å². The molecule has 0 amide bonds. The van der Waals surface area contributed by atoms with Crippen LogP contribution in [0.25, 0.3) is 47.8 Å². The lowest BCUT2D eigenvalue weighted by Gasteiger charge is -2.26. The fraction of sp³-hybridized carbons (Fsp3) is 0. The first-order valence-corrected chi connectivity index (χ1v) is 13.9. The van der Waals surface area contributed by atoms with Crippen LogP contribution >= 0.6 is 11.3 Å². The smallest absolute Gasteiger partial charge is 0.0977 e. The fourth-order valence-corrected chi connectivity index (χ4v) is 6.99. The normalized spacial score (nSPS) is 11.6. The zero-order valence-electron chi connectivity index (χ0n) is 21.0. The van der Waals surface area contributed by atoms with Gasteiger partial charge in [-0.05, 0) is 66.7 Å². The average Bonchev–Trinajstić information content (AvgIpc) is 3.54. The number of fused-ring (bicyclic) bond motifs is 7. The topological polar surface area (TPSA) is 21.1 Å². The minimum absolute atomic E-state index is 1.04. The van der Waals surface area contributed by atoms with Crippen LogP contribution in [0.4, 0.5) is 17.1 Å². The zero-order valence-corrected chi connectivity index (χ0v) is 21.8. The molecule has 8 aromatic rings.